The smallest absolute Gasteiger partial charge is 0.0477 e. The van der Waals surface area contributed by atoms with Crippen LogP contribution in [0.1, 0.15) is 24.3 Å². The standard InChI is InChI=1S/C14H18N2/c1-16-9-6-13-10-12(2-3-14(13)16)11-4-7-15-8-5-11/h2-3,6,9-11,15H,4-5,7-8H2,1H3. The maximum absolute atomic E-state index is 3.42. The Labute approximate surface area is 96.3 Å². The van der Waals surface area contributed by atoms with Crippen molar-refractivity contribution in [1.29, 1.82) is 0 Å². The highest BCUT2D eigenvalue weighted by molar-refractivity contribution is 5.80. The molecule has 84 valence electrons. The first kappa shape index (κ1) is 9.91. The van der Waals surface area contributed by atoms with E-state index in [9.17, 15) is 0 Å². The Balaban J connectivity index is 1.97. The Hall–Kier alpha value is -1.28. The third-order valence-corrected chi connectivity index (χ3v) is 3.72. The van der Waals surface area contributed by atoms with Gasteiger partial charge in [0.1, 0.15) is 0 Å². The molecular formula is C14H18N2. The van der Waals surface area contributed by atoms with Crippen LogP contribution < -0.4 is 5.32 Å². The summed E-state index contributed by atoms with van der Waals surface area (Å²) in [7, 11) is 2.10. The molecule has 1 aliphatic heterocycles. The molecule has 1 saturated heterocycles. The number of aryl methyl sites for hydroxylation is 1. The van der Waals surface area contributed by atoms with Crippen molar-refractivity contribution < 1.29 is 0 Å². The van der Waals surface area contributed by atoms with Crippen LogP contribution in [0.2, 0.25) is 0 Å². The second-order valence-corrected chi connectivity index (χ2v) is 4.77. The fourth-order valence-corrected chi connectivity index (χ4v) is 2.71. The molecule has 1 aromatic carbocycles. The Morgan fingerprint density at radius 2 is 2.00 bits per heavy atom. The summed E-state index contributed by atoms with van der Waals surface area (Å²) < 4.78 is 2.18. The summed E-state index contributed by atoms with van der Waals surface area (Å²) in [5, 5.41) is 4.80. The first-order chi connectivity index (χ1) is 7.84. The summed E-state index contributed by atoms with van der Waals surface area (Å²) in [5.41, 5.74) is 2.85. The minimum Gasteiger partial charge on any atom is -0.351 e. The van der Waals surface area contributed by atoms with Gasteiger partial charge in [0.05, 0.1) is 0 Å². The van der Waals surface area contributed by atoms with Crippen LogP contribution >= 0.6 is 0 Å². The Morgan fingerprint density at radius 1 is 1.19 bits per heavy atom. The quantitative estimate of drug-likeness (QED) is 0.772. The average molecular weight is 214 g/mol. The lowest BCUT2D eigenvalue weighted by Crippen LogP contribution is -2.26. The zero-order chi connectivity index (χ0) is 11.0. The normalized spacial score (nSPS) is 18.1. The van der Waals surface area contributed by atoms with Gasteiger partial charge < -0.3 is 9.88 Å². The molecule has 0 spiro atoms. The third kappa shape index (κ3) is 1.63. The van der Waals surface area contributed by atoms with Gasteiger partial charge in [0.2, 0.25) is 0 Å². The summed E-state index contributed by atoms with van der Waals surface area (Å²) in [5.74, 6) is 0.755. The van der Waals surface area contributed by atoms with Crippen molar-refractivity contribution >= 4 is 10.9 Å². The van der Waals surface area contributed by atoms with Gasteiger partial charge in [-0.1, -0.05) is 6.07 Å². The molecule has 1 aromatic heterocycles. The van der Waals surface area contributed by atoms with E-state index in [1.807, 2.05) is 0 Å². The molecule has 1 N–H and O–H groups in total. The van der Waals surface area contributed by atoms with Crippen molar-refractivity contribution in [1.82, 2.24) is 9.88 Å². The summed E-state index contributed by atoms with van der Waals surface area (Å²) in [6.07, 6.45) is 4.69. The predicted molar refractivity (Wildman–Crippen MR) is 67.8 cm³/mol. The number of hydrogen-bond donors (Lipinski definition) is 1. The second kappa shape index (κ2) is 3.95. The fourth-order valence-electron chi connectivity index (χ4n) is 2.71. The van der Waals surface area contributed by atoms with E-state index < -0.39 is 0 Å². The summed E-state index contributed by atoms with van der Waals surface area (Å²) in [6.45, 7) is 2.33. The maximum atomic E-state index is 3.42. The minimum absolute atomic E-state index is 0.755. The zero-order valence-corrected chi connectivity index (χ0v) is 9.74. The lowest BCUT2D eigenvalue weighted by Gasteiger charge is -2.23. The van der Waals surface area contributed by atoms with Crippen LogP contribution in [-0.2, 0) is 7.05 Å². The first-order valence-corrected chi connectivity index (χ1v) is 6.10. The van der Waals surface area contributed by atoms with Gasteiger partial charge in [0, 0.05) is 18.8 Å². The van der Waals surface area contributed by atoms with Crippen LogP contribution in [0.5, 0.6) is 0 Å². The summed E-state index contributed by atoms with van der Waals surface area (Å²) >= 11 is 0. The van der Waals surface area contributed by atoms with E-state index in [1.165, 1.54) is 29.3 Å². The molecule has 2 heteroatoms. The predicted octanol–water partition coefficient (Wildman–Crippen LogP) is 2.65. The molecule has 0 unspecified atom stereocenters. The van der Waals surface area contributed by atoms with Crippen molar-refractivity contribution in [3.05, 3.63) is 36.0 Å². The van der Waals surface area contributed by atoms with Gasteiger partial charge in [0.25, 0.3) is 0 Å². The van der Waals surface area contributed by atoms with Crippen molar-refractivity contribution in [2.75, 3.05) is 13.1 Å². The van der Waals surface area contributed by atoms with Crippen LogP contribution in [0.15, 0.2) is 30.5 Å². The van der Waals surface area contributed by atoms with E-state index in [-0.39, 0.29) is 0 Å². The summed E-state index contributed by atoms with van der Waals surface area (Å²) in [4.78, 5) is 0. The molecule has 2 aromatic rings. The molecular weight excluding hydrogens is 196 g/mol. The molecule has 0 saturated carbocycles. The number of hydrogen-bond acceptors (Lipinski definition) is 1. The Bertz CT molecular complexity index is 492. The van der Waals surface area contributed by atoms with Crippen LogP contribution in [0.25, 0.3) is 10.9 Å². The summed E-state index contributed by atoms with van der Waals surface area (Å²) in [6, 6.07) is 9.14. The van der Waals surface area contributed by atoms with Crippen molar-refractivity contribution in [2.45, 2.75) is 18.8 Å². The highest BCUT2D eigenvalue weighted by Crippen LogP contribution is 2.28. The third-order valence-electron chi connectivity index (χ3n) is 3.72. The molecule has 0 bridgehead atoms. The number of benzene rings is 1. The molecule has 0 atom stereocenters. The van der Waals surface area contributed by atoms with Crippen LogP contribution in [0, 0.1) is 0 Å². The van der Waals surface area contributed by atoms with Gasteiger partial charge in [-0.2, -0.15) is 0 Å². The Morgan fingerprint density at radius 3 is 2.81 bits per heavy atom. The molecule has 2 nitrogen and oxygen atoms in total. The monoisotopic (exact) mass is 214 g/mol. The molecule has 16 heavy (non-hydrogen) atoms. The van der Waals surface area contributed by atoms with Gasteiger partial charge in [-0.3, -0.25) is 0 Å². The molecule has 2 heterocycles. The van der Waals surface area contributed by atoms with E-state index in [0.717, 1.165) is 19.0 Å². The highest BCUT2D eigenvalue weighted by atomic mass is 14.9. The van der Waals surface area contributed by atoms with E-state index >= 15 is 0 Å². The van der Waals surface area contributed by atoms with E-state index in [0.29, 0.717) is 0 Å². The molecule has 3 rings (SSSR count). The average Bonchev–Trinajstić information content (AvgIpc) is 2.72. The van der Waals surface area contributed by atoms with Crippen LogP contribution in [0.4, 0.5) is 0 Å². The zero-order valence-electron chi connectivity index (χ0n) is 9.74. The molecule has 0 amide bonds. The highest BCUT2D eigenvalue weighted by Gasteiger charge is 2.15. The second-order valence-electron chi connectivity index (χ2n) is 4.77. The fraction of sp³-hybridized carbons (Fsp3) is 0.429. The van der Waals surface area contributed by atoms with Crippen molar-refractivity contribution in [3.63, 3.8) is 0 Å². The molecule has 1 aliphatic rings. The van der Waals surface area contributed by atoms with E-state index in [1.54, 1.807) is 0 Å². The van der Waals surface area contributed by atoms with Crippen LogP contribution in [-0.4, -0.2) is 17.7 Å². The molecule has 0 aliphatic carbocycles. The number of nitrogens with zero attached hydrogens (tertiary/aromatic N) is 1. The SMILES string of the molecule is Cn1ccc2cc(C3CCNCC3)ccc21. The van der Waals surface area contributed by atoms with Crippen molar-refractivity contribution in [3.8, 4) is 0 Å². The lowest BCUT2D eigenvalue weighted by molar-refractivity contribution is 0.460. The van der Waals surface area contributed by atoms with Gasteiger partial charge in [-0.25, -0.2) is 0 Å². The molecule has 1 fully saturated rings. The number of rotatable bonds is 1. The van der Waals surface area contributed by atoms with Crippen molar-refractivity contribution in [2.24, 2.45) is 7.05 Å². The Kier molecular flexibility index (Phi) is 2.44. The number of nitrogens with one attached hydrogen (secondary N) is 1. The van der Waals surface area contributed by atoms with E-state index in [2.05, 4.69) is 47.4 Å². The van der Waals surface area contributed by atoms with Gasteiger partial charge in [0.15, 0.2) is 0 Å². The van der Waals surface area contributed by atoms with Gasteiger partial charge in [-0.05, 0) is 61.0 Å². The lowest BCUT2D eigenvalue weighted by atomic mass is 9.90. The number of fused-ring (bicyclic) bond motifs is 1. The topological polar surface area (TPSA) is 17.0 Å². The first-order valence-electron chi connectivity index (χ1n) is 6.10. The number of piperidine rings is 1. The van der Waals surface area contributed by atoms with Gasteiger partial charge >= 0.3 is 0 Å². The van der Waals surface area contributed by atoms with Gasteiger partial charge in [-0.15, -0.1) is 0 Å². The maximum Gasteiger partial charge on any atom is 0.0477 e. The molecule has 0 radical (unpaired) electrons. The number of aromatic nitrogens is 1. The van der Waals surface area contributed by atoms with Crippen LogP contribution in [0.3, 0.4) is 0 Å². The minimum atomic E-state index is 0.755. The van der Waals surface area contributed by atoms with E-state index in [4.69, 9.17) is 0 Å². The largest absolute Gasteiger partial charge is 0.351 e.